The molecule has 0 aliphatic carbocycles. The summed E-state index contributed by atoms with van der Waals surface area (Å²) >= 11 is 0. The van der Waals surface area contributed by atoms with Crippen LogP contribution in [0.25, 0.3) is 22.4 Å². The van der Waals surface area contributed by atoms with Crippen LogP contribution < -0.4 is 0 Å². The van der Waals surface area contributed by atoms with E-state index >= 15 is 0 Å². The van der Waals surface area contributed by atoms with Crippen molar-refractivity contribution in [3.63, 3.8) is 0 Å². The fourth-order valence-corrected chi connectivity index (χ4v) is 2.35. The summed E-state index contributed by atoms with van der Waals surface area (Å²) in [5, 5.41) is 16.1. The third kappa shape index (κ3) is 11.1. The Balaban J connectivity index is 0.000000752. The summed E-state index contributed by atoms with van der Waals surface area (Å²) < 4.78 is 0. The van der Waals surface area contributed by atoms with E-state index < -0.39 is 0 Å². The van der Waals surface area contributed by atoms with Gasteiger partial charge in [0.25, 0.3) is 0 Å². The van der Waals surface area contributed by atoms with E-state index in [1.165, 1.54) is 22.3 Å². The number of hydrogen-bond acceptors (Lipinski definition) is 3. The molecule has 0 atom stereocenters. The second-order valence-electron chi connectivity index (χ2n) is 7.22. The monoisotopic (exact) mass is 571 g/mol. The topological polar surface area (TPSA) is 53.4 Å². The van der Waals surface area contributed by atoms with Gasteiger partial charge in [0, 0.05) is 44.1 Å². The van der Waals surface area contributed by atoms with E-state index in [0.29, 0.717) is 0 Å². The SMILES string of the molecule is CC(C)O.CC(C)O.Cc1cc[c-]c(-c2cc(C)c(-c3ccccc3)cn2)c1.[Ir]. The zero-order chi connectivity index (χ0) is 21.1. The minimum atomic E-state index is -0.167. The number of aliphatic hydroxyl groups is 2. The van der Waals surface area contributed by atoms with Crippen LogP contribution in [0.4, 0.5) is 0 Å². The zero-order valence-electron chi connectivity index (χ0n) is 18.1. The molecule has 3 rings (SSSR count). The molecule has 0 bridgehead atoms. The van der Waals surface area contributed by atoms with Gasteiger partial charge >= 0.3 is 0 Å². The molecule has 1 radical (unpaired) electrons. The van der Waals surface area contributed by atoms with Crippen molar-refractivity contribution in [1.29, 1.82) is 0 Å². The zero-order valence-corrected chi connectivity index (χ0v) is 20.5. The molecule has 0 fully saturated rings. The number of nitrogens with zero attached hydrogens (tertiary/aromatic N) is 1. The van der Waals surface area contributed by atoms with Crippen LogP contribution in [0.2, 0.25) is 0 Å². The molecule has 0 saturated heterocycles. The number of hydrogen-bond donors (Lipinski definition) is 2. The molecule has 0 amide bonds. The van der Waals surface area contributed by atoms with E-state index in [1.807, 2.05) is 18.3 Å². The maximum atomic E-state index is 8.06. The van der Waals surface area contributed by atoms with Crippen LogP contribution in [0.3, 0.4) is 0 Å². The minimum absolute atomic E-state index is 0. The molecule has 29 heavy (non-hydrogen) atoms. The first kappa shape index (κ1) is 27.2. The number of benzene rings is 2. The van der Waals surface area contributed by atoms with Crippen LogP contribution in [-0.4, -0.2) is 27.4 Å². The smallest absolute Gasteiger partial charge is 0.0483 e. The molecule has 3 nitrogen and oxygen atoms in total. The molecular weight excluding hydrogens is 538 g/mol. The number of aromatic nitrogens is 1. The van der Waals surface area contributed by atoms with Crippen LogP contribution in [0, 0.1) is 19.9 Å². The molecule has 2 aromatic carbocycles. The second-order valence-corrected chi connectivity index (χ2v) is 7.22. The molecule has 2 N–H and O–H groups in total. The van der Waals surface area contributed by atoms with Crippen molar-refractivity contribution in [3.8, 4) is 22.4 Å². The Morgan fingerprint density at radius 3 is 1.90 bits per heavy atom. The van der Waals surface area contributed by atoms with Crippen molar-refractivity contribution in [2.45, 2.75) is 53.8 Å². The van der Waals surface area contributed by atoms with E-state index in [0.717, 1.165) is 11.3 Å². The van der Waals surface area contributed by atoms with Crippen molar-refractivity contribution in [3.05, 3.63) is 78.0 Å². The molecule has 1 aromatic heterocycles. The van der Waals surface area contributed by atoms with E-state index in [-0.39, 0.29) is 32.3 Å². The Morgan fingerprint density at radius 2 is 1.41 bits per heavy atom. The molecule has 0 unspecified atom stereocenters. The quantitative estimate of drug-likeness (QED) is 0.394. The standard InChI is InChI=1S/C19H16N.2C3H8O.Ir/c1-14-7-6-10-17(11-14)19-12-15(2)18(13-20-19)16-8-4-3-5-9-16;2*1-3(2)4;/h3-9,11-13H,1-2H3;2*3-4H,1-2H3;/q-1;;;. The van der Waals surface area contributed by atoms with Gasteiger partial charge < -0.3 is 15.2 Å². The van der Waals surface area contributed by atoms with Crippen molar-refractivity contribution in [2.24, 2.45) is 0 Å². The largest absolute Gasteiger partial charge is 0.394 e. The average molecular weight is 571 g/mol. The van der Waals surface area contributed by atoms with Gasteiger partial charge in [-0.15, -0.1) is 35.4 Å². The van der Waals surface area contributed by atoms with E-state index in [1.54, 1.807) is 27.7 Å². The molecule has 0 aliphatic rings. The normalized spacial score (nSPS) is 9.72. The Morgan fingerprint density at radius 1 is 0.862 bits per heavy atom. The van der Waals surface area contributed by atoms with Crippen LogP contribution in [-0.2, 0) is 20.1 Å². The van der Waals surface area contributed by atoms with Crippen LogP contribution in [0.15, 0.2) is 60.8 Å². The van der Waals surface area contributed by atoms with E-state index in [2.05, 4.69) is 67.4 Å². The third-order valence-corrected chi connectivity index (χ3v) is 3.43. The Hall–Kier alpha value is -1.84. The number of aliphatic hydroxyl groups excluding tert-OH is 2. The predicted molar refractivity (Wildman–Crippen MR) is 118 cm³/mol. The predicted octanol–water partition coefficient (Wildman–Crippen LogP) is 5.60. The van der Waals surface area contributed by atoms with Crippen molar-refractivity contribution < 1.29 is 30.3 Å². The van der Waals surface area contributed by atoms with Gasteiger partial charge in [0.1, 0.15) is 0 Å². The van der Waals surface area contributed by atoms with E-state index in [4.69, 9.17) is 10.2 Å². The maximum absolute atomic E-state index is 8.06. The van der Waals surface area contributed by atoms with Crippen molar-refractivity contribution in [2.75, 3.05) is 0 Å². The van der Waals surface area contributed by atoms with Crippen LogP contribution in [0.1, 0.15) is 38.8 Å². The van der Waals surface area contributed by atoms with Gasteiger partial charge in [0.05, 0.1) is 0 Å². The molecule has 3 aromatic rings. The molecule has 0 spiro atoms. The Labute approximate surface area is 189 Å². The summed E-state index contributed by atoms with van der Waals surface area (Å²) in [4.78, 5) is 4.60. The van der Waals surface area contributed by atoms with Gasteiger partial charge in [-0.05, 0) is 51.4 Å². The second kappa shape index (κ2) is 14.2. The summed E-state index contributed by atoms with van der Waals surface area (Å²) in [6.07, 6.45) is 1.62. The molecule has 4 heteroatoms. The van der Waals surface area contributed by atoms with Gasteiger partial charge in [-0.3, -0.25) is 0 Å². The number of aryl methyl sites for hydroxylation is 2. The van der Waals surface area contributed by atoms with Gasteiger partial charge in [-0.2, -0.15) is 0 Å². The first-order valence-electron chi connectivity index (χ1n) is 9.57. The molecule has 159 valence electrons. The van der Waals surface area contributed by atoms with Crippen molar-refractivity contribution in [1.82, 2.24) is 4.98 Å². The summed E-state index contributed by atoms with van der Waals surface area (Å²) in [5.41, 5.74) is 6.87. The Bertz CT molecular complexity index is 822. The summed E-state index contributed by atoms with van der Waals surface area (Å²) in [6, 6.07) is 21.9. The van der Waals surface area contributed by atoms with Crippen molar-refractivity contribution >= 4 is 0 Å². The van der Waals surface area contributed by atoms with Gasteiger partial charge in [0.15, 0.2) is 0 Å². The average Bonchev–Trinajstić information content (AvgIpc) is 2.61. The van der Waals surface area contributed by atoms with Crippen LogP contribution in [0.5, 0.6) is 0 Å². The number of rotatable bonds is 2. The maximum Gasteiger partial charge on any atom is 0.0483 e. The molecule has 0 aliphatic heterocycles. The fourth-order valence-electron chi connectivity index (χ4n) is 2.35. The summed E-state index contributed by atoms with van der Waals surface area (Å²) in [7, 11) is 0. The fraction of sp³-hybridized carbons (Fsp3) is 0.320. The third-order valence-electron chi connectivity index (χ3n) is 3.43. The van der Waals surface area contributed by atoms with Crippen LogP contribution >= 0.6 is 0 Å². The number of pyridine rings is 1. The molecule has 1 heterocycles. The first-order chi connectivity index (χ1) is 13.2. The van der Waals surface area contributed by atoms with Gasteiger partial charge in [-0.1, -0.05) is 43.3 Å². The summed E-state index contributed by atoms with van der Waals surface area (Å²) in [6.45, 7) is 11.1. The summed E-state index contributed by atoms with van der Waals surface area (Å²) in [5.74, 6) is 0. The Kier molecular flexibility index (Phi) is 13.3. The molecular formula is C25H32IrNO2-. The van der Waals surface area contributed by atoms with E-state index in [9.17, 15) is 0 Å². The molecule has 0 saturated carbocycles. The van der Waals surface area contributed by atoms with Gasteiger partial charge in [-0.25, -0.2) is 0 Å². The first-order valence-corrected chi connectivity index (χ1v) is 9.57. The van der Waals surface area contributed by atoms with Gasteiger partial charge in [0.2, 0.25) is 0 Å². The minimum Gasteiger partial charge on any atom is -0.394 e.